The highest BCUT2D eigenvalue weighted by molar-refractivity contribution is 5.88. The number of aromatic carboxylic acids is 1. The minimum Gasteiger partial charge on any atom is -0.478 e. The van der Waals surface area contributed by atoms with Crippen LogP contribution in [0.15, 0.2) is 12.1 Å². The van der Waals surface area contributed by atoms with Gasteiger partial charge in [-0.25, -0.2) is 9.78 Å². The highest BCUT2D eigenvalue weighted by Crippen LogP contribution is 2.19. The van der Waals surface area contributed by atoms with Crippen LogP contribution in [0.2, 0.25) is 0 Å². The fraction of sp³-hybridized carbons (Fsp3) is 0.600. The molecule has 1 unspecified atom stereocenters. The average molecular weight is 277 g/mol. The number of hydrogen-bond donors (Lipinski definition) is 2. The Labute approximate surface area is 120 Å². The maximum atomic E-state index is 11.0. The second kappa shape index (κ2) is 6.22. The van der Waals surface area contributed by atoms with Crippen LogP contribution in [-0.2, 0) is 0 Å². The van der Waals surface area contributed by atoms with Gasteiger partial charge < -0.3 is 15.3 Å². The van der Waals surface area contributed by atoms with Gasteiger partial charge in [-0.15, -0.1) is 0 Å². The van der Waals surface area contributed by atoms with Gasteiger partial charge in [0.15, 0.2) is 0 Å². The van der Waals surface area contributed by atoms with Crippen LogP contribution in [0.5, 0.6) is 0 Å². The van der Waals surface area contributed by atoms with Crippen molar-refractivity contribution < 1.29 is 9.90 Å². The largest absolute Gasteiger partial charge is 0.478 e. The molecule has 0 aromatic carbocycles. The molecule has 1 saturated heterocycles. The first kappa shape index (κ1) is 14.8. The molecule has 0 amide bonds. The Morgan fingerprint density at radius 1 is 1.55 bits per heavy atom. The minimum atomic E-state index is -0.912. The van der Waals surface area contributed by atoms with Gasteiger partial charge in [0.2, 0.25) is 0 Å². The molecule has 1 fully saturated rings. The lowest BCUT2D eigenvalue weighted by molar-refractivity contribution is 0.0696. The second-order valence-corrected chi connectivity index (χ2v) is 5.81. The maximum Gasteiger partial charge on any atom is 0.335 e. The van der Waals surface area contributed by atoms with Crippen molar-refractivity contribution in [3.63, 3.8) is 0 Å². The van der Waals surface area contributed by atoms with Crippen molar-refractivity contribution in [2.24, 2.45) is 5.92 Å². The molecule has 1 aromatic rings. The standard InChI is InChI=1S/C15H23N3O2/c1-10(2)18-5-4-12(9-18)8-16-14-7-13(15(19)20)6-11(3)17-14/h6-7,10,12H,4-5,8-9H2,1-3H3,(H,16,17)(H,19,20). The van der Waals surface area contributed by atoms with Gasteiger partial charge >= 0.3 is 5.97 Å². The van der Waals surface area contributed by atoms with Gasteiger partial charge in [-0.1, -0.05) is 0 Å². The number of carboxylic acids is 1. The summed E-state index contributed by atoms with van der Waals surface area (Å²) in [4.78, 5) is 17.8. The van der Waals surface area contributed by atoms with E-state index in [9.17, 15) is 4.79 Å². The van der Waals surface area contributed by atoms with Gasteiger partial charge in [0.1, 0.15) is 5.82 Å². The van der Waals surface area contributed by atoms with Gasteiger partial charge in [0.05, 0.1) is 5.56 Å². The third kappa shape index (κ3) is 3.70. The summed E-state index contributed by atoms with van der Waals surface area (Å²) in [7, 11) is 0. The van der Waals surface area contributed by atoms with Gasteiger partial charge in [-0.05, 0) is 51.8 Å². The number of rotatable bonds is 5. The van der Waals surface area contributed by atoms with E-state index in [1.54, 1.807) is 12.1 Å². The van der Waals surface area contributed by atoms with E-state index in [0.29, 0.717) is 17.8 Å². The lowest BCUT2D eigenvalue weighted by Crippen LogP contribution is -2.29. The maximum absolute atomic E-state index is 11.0. The highest BCUT2D eigenvalue weighted by atomic mass is 16.4. The number of nitrogens with one attached hydrogen (secondary N) is 1. The first-order chi connectivity index (χ1) is 9.45. The molecule has 0 spiro atoms. The Balaban J connectivity index is 1.93. The van der Waals surface area contributed by atoms with Crippen LogP contribution < -0.4 is 5.32 Å². The Bertz CT molecular complexity index is 488. The first-order valence-electron chi connectivity index (χ1n) is 7.15. The number of nitrogens with zero attached hydrogens (tertiary/aromatic N) is 2. The molecule has 0 saturated carbocycles. The molecular formula is C15H23N3O2. The van der Waals surface area contributed by atoms with E-state index in [2.05, 4.69) is 29.0 Å². The Hall–Kier alpha value is -1.62. The molecule has 5 heteroatoms. The Morgan fingerprint density at radius 2 is 2.30 bits per heavy atom. The summed E-state index contributed by atoms with van der Waals surface area (Å²) in [6.45, 7) is 9.34. The molecule has 1 aliphatic heterocycles. The fourth-order valence-electron chi connectivity index (χ4n) is 2.63. The third-order valence-corrected chi connectivity index (χ3v) is 3.82. The smallest absolute Gasteiger partial charge is 0.335 e. The quantitative estimate of drug-likeness (QED) is 0.864. The van der Waals surface area contributed by atoms with Gasteiger partial charge in [0.25, 0.3) is 0 Å². The van der Waals surface area contributed by atoms with E-state index in [1.807, 2.05) is 6.92 Å². The number of carboxylic acid groups (broad SMARTS) is 1. The molecule has 0 aliphatic carbocycles. The van der Waals surface area contributed by atoms with E-state index < -0.39 is 5.97 Å². The van der Waals surface area contributed by atoms with Crippen LogP contribution in [0.1, 0.15) is 36.3 Å². The average Bonchev–Trinajstić information content (AvgIpc) is 2.84. The second-order valence-electron chi connectivity index (χ2n) is 5.81. The molecular weight excluding hydrogens is 254 g/mol. The van der Waals surface area contributed by atoms with Crippen molar-refractivity contribution in [1.29, 1.82) is 0 Å². The van der Waals surface area contributed by atoms with Crippen molar-refractivity contribution in [2.75, 3.05) is 25.0 Å². The van der Waals surface area contributed by atoms with Gasteiger partial charge in [-0.3, -0.25) is 0 Å². The van der Waals surface area contributed by atoms with Crippen molar-refractivity contribution in [2.45, 2.75) is 33.2 Å². The number of pyridine rings is 1. The Morgan fingerprint density at radius 3 is 2.90 bits per heavy atom. The zero-order valence-electron chi connectivity index (χ0n) is 12.4. The molecule has 1 aliphatic rings. The van der Waals surface area contributed by atoms with E-state index in [0.717, 1.165) is 25.3 Å². The molecule has 2 heterocycles. The zero-order chi connectivity index (χ0) is 14.7. The monoisotopic (exact) mass is 277 g/mol. The zero-order valence-corrected chi connectivity index (χ0v) is 12.4. The third-order valence-electron chi connectivity index (χ3n) is 3.82. The Kier molecular flexibility index (Phi) is 4.60. The van der Waals surface area contributed by atoms with Crippen LogP contribution in [0.4, 0.5) is 5.82 Å². The molecule has 5 nitrogen and oxygen atoms in total. The van der Waals surface area contributed by atoms with Crippen LogP contribution in [0.25, 0.3) is 0 Å². The molecule has 0 radical (unpaired) electrons. The molecule has 1 atom stereocenters. The van der Waals surface area contributed by atoms with Crippen molar-refractivity contribution >= 4 is 11.8 Å². The molecule has 0 bridgehead atoms. The lowest BCUT2D eigenvalue weighted by Gasteiger charge is -2.20. The lowest BCUT2D eigenvalue weighted by atomic mass is 10.1. The molecule has 20 heavy (non-hydrogen) atoms. The number of anilines is 1. The van der Waals surface area contributed by atoms with Crippen LogP contribution >= 0.6 is 0 Å². The van der Waals surface area contributed by atoms with Crippen LogP contribution in [0.3, 0.4) is 0 Å². The number of likely N-dealkylation sites (tertiary alicyclic amines) is 1. The summed E-state index contributed by atoms with van der Waals surface area (Å²) in [5, 5.41) is 12.3. The SMILES string of the molecule is Cc1cc(C(=O)O)cc(NCC2CCN(C(C)C)C2)n1. The minimum absolute atomic E-state index is 0.287. The first-order valence-corrected chi connectivity index (χ1v) is 7.15. The van der Waals surface area contributed by atoms with E-state index >= 15 is 0 Å². The van der Waals surface area contributed by atoms with Gasteiger partial charge in [-0.2, -0.15) is 0 Å². The predicted octanol–water partition coefficient (Wildman–Crippen LogP) is 2.23. The van der Waals surface area contributed by atoms with Crippen molar-refractivity contribution in [3.05, 3.63) is 23.4 Å². The summed E-state index contributed by atoms with van der Waals surface area (Å²) >= 11 is 0. The van der Waals surface area contributed by atoms with E-state index in [4.69, 9.17) is 5.11 Å². The van der Waals surface area contributed by atoms with Gasteiger partial charge in [0, 0.05) is 24.8 Å². The normalized spacial score (nSPS) is 19.5. The van der Waals surface area contributed by atoms with E-state index in [-0.39, 0.29) is 5.56 Å². The summed E-state index contributed by atoms with van der Waals surface area (Å²) < 4.78 is 0. The molecule has 2 rings (SSSR count). The van der Waals surface area contributed by atoms with Crippen LogP contribution in [-0.4, -0.2) is 46.6 Å². The predicted molar refractivity (Wildman–Crippen MR) is 79.2 cm³/mol. The summed E-state index contributed by atoms with van der Waals surface area (Å²) in [6, 6.07) is 3.78. The molecule has 110 valence electrons. The van der Waals surface area contributed by atoms with Crippen molar-refractivity contribution in [1.82, 2.24) is 9.88 Å². The topological polar surface area (TPSA) is 65.5 Å². The summed E-state index contributed by atoms with van der Waals surface area (Å²) in [5.74, 6) is 0.351. The van der Waals surface area contributed by atoms with Crippen molar-refractivity contribution in [3.8, 4) is 0 Å². The van der Waals surface area contributed by atoms with Crippen LogP contribution in [0, 0.1) is 12.8 Å². The number of carbonyl (C=O) groups is 1. The highest BCUT2D eigenvalue weighted by Gasteiger charge is 2.23. The summed E-state index contributed by atoms with van der Waals surface area (Å²) in [5.41, 5.74) is 1.01. The number of aryl methyl sites for hydroxylation is 1. The number of hydrogen-bond acceptors (Lipinski definition) is 4. The number of aromatic nitrogens is 1. The van der Waals surface area contributed by atoms with E-state index in [1.165, 1.54) is 6.42 Å². The molecule has 1 aromatic heterocycles. The summed E-state index contributed by atoms with van der Waals surface area (Å²) in [6.07, 6.45) is 1.18. The molecule has 2 N–H and O–H groups in total. The fourth-order valence-corrected chi connectivity index (χ4v) is 2.63.